The van der Waals surface area contributed by atoms with E-state index in [4.69, 9.17) is 35.8 Å². The molecule has 4 nitrogen and oxygen atoms in total. The van der Waals surface area contributed by atoms with Gasteiger partial charge >= 0.3 is 0 Å². The maximum atomic E-state index is 8.90. The monoisotopic (exact) mass is 613 g/mol. The van der Waals surface area contributed by atoms with Gasteiger partial charge in [0.25, 0.3) is 0 Å². The van der Waals surface area contributed by atoms with Crippen molar-refractivity contribution in [2.75, 3.05) is 0 Å². The summed E-state index contributed by atoms with van der Waals surface area (Å²) in [4.78, 5) is 14.5. The minimum atomic E-state index is -0.493. The molecule has 0 unspecified atom stereocenters. The molecule has 9 rings (SSSR count). The fourth-order valence-electron chi connectivity index (χ4n) is 5.65. The SMILES string of the molecule is [2H]c1c([2H])c([2H])c(-c2ccc3cc(-c4nc(-c5ccccc5)nc(-c5ccc(-c6c([2H])c([2H])c([2H])c7oc8c([2H])c([2H])c([2H])c([2H])c8c67)cc5)n4)ccc3c2)c([2H])c1[2H]. The van der Waals surface area contributed by atoms with E-state index in [1.165, 1.54) is 0 Å². The number of furan rings is 1. The van der Waals surface area contributed by atoms with Gasteiger partial charge in [-0.25, -0.2) is 15.0 Å². The van der Waals surface area contributed by atoms with Gasteiger partial charge in [0.1, 0.15) is 11.2 Å². The molecule has 0 saturated carbocycles. The minimum Gasteiger partial charge on any atom is -0.456 e. The van der Waals surface area contributed by atoms with Crippen LogP contribution in [0.5, 0.6) is 0 Å². The molecule has 220 valence electrons. The van der Waals surface area contributed by atoms with Crippen LogP contribution < -0.4 is 0 Å². The van der Waals surface area contributed by atoms with Crippen molar-refractivity contribution in [1.82, 2.24) is 15.0 Å². The van der Waals surface area contributed by atoms with Crippen molar-refractivity contribution in [2.45, 2.75) is 0 Å². The number of para-hydroxylation sites is 1. The highest BCUT2D eigenvalue weighted by molar-refractivity contribution is 6.12. The van der Waals surface area contributed by atoms with Crippen LogP contribution in [-0.4, -0.2) is 15.0 Å². The van der Waals surface area contributed by atoms with Crippen molar-refractivity contribution in [2.24, 2.45) is 0 Å². The first-order valence-electron chi connectivity index (χ1n) is 20.7. The average molecular weight is 614 g/mol. The van der Waals surface area contributed by atoms with Gasteiger partial charge in [-0.2, -0.15) is 0 Å². The lowest BCUT2D eigenvalue weighted by Crippen LogP contribution is -2.00. The third kappa shape index (κ3) is 4.93. The van der Waals surface area contributed by atoms with Gasteiger partial charge in [0.15, 0.2) is 17.5 Å². The molecular weight excluding hydrogens is 574 g/mol. The Balaban J connectivity index is 1.16. The average Bonchev–Trinajstić information content (AvgIpc) is 3.66. The summed E-state index contributed by atoms with van der Waals surface area (Å²) in [6.07, 6.45) is 0. The molecule has 0 amide bonds. The first-order valence-corrected chi connectivity index (χ1v) is 14.7. The summed E-state index contributed by atoms with van der Waals surface area (Å²) in [6, 6.07) is 22.5. The minimum absolute atomic E-state index is 0.0300. The summed E-state index contributed by atoms with van der Waals surface area (Å²) in [7, 11) is 0. The summed E-state index contributed by atoms with van der Waals surface area (Å²) in [5.41, 5.74) is 2.97. The van der Waals surface area contributed by atoms with Gasteiger partial charge in [0.2, 0.25) is 0 Å². The fourth-order valence-corrected chi connectivity index (χ4v) is 5.65. The molecule has 47 heavy (non-hydrogen) atoms. The lowest BCUT2D eigenvalue weighted by Gasteiger charge is -2.10. The van der Waals surface area contributed by atoms with Crippen molar-refractivity contribution >= 4 is 32.7 Å². The molecule has 0 spiro atoms. The van der Waals surface area contributed by atoms with Crippen molar-refractivity contribution in [3.63, 3.8) is 0 Å². The Hall–Kier alpha value is -6.39. The molecule has 7 aromatic carbocycles. The Morgan fingerprint density at radius 2 is 1.00 bits per heavy atom. The normalized spacial score (nSPS) is 15.0. The highest BCUT2D eigenvalue weighted by atomic mass is 16.3. The molecule has 0 aliphatic heterocycles. The van der Waals surface area contributed by atoms with Gasteiger partial charge in [0, 0.05) is 27.5 Å². The Bertz CT molecular complexity index is 3220. The second kappa shape index (κ2) is 11.2. The fraction of sp³-hybridized carbons (Fsp3) is 0. The standard InChI is InChI=1S/C43H27N3O/c1-3-10-28(11-4-1)32-22-23-34-27-35(25-24-33(34)26-32)43-45-41(30-12-5-2-6-13-30)44-42(46-43)31-20-18-29(19-21-31)36-15-9-17-39-40(36)37-14-7-8-16-38(37)47-39/h1-27H/i1D,3D,4D,7D,8D,9D,10D,11D,14D,15D,16D,17D. The van der Waals surface area contributed by atoms with E-state index in [9.17, 15) is 0 Å². The molecule has 2 heterocycles. The van der Waals surface area contributed by atoms with Crippen LogP contribution in [0.4, 0.5) is 0 Å². The quantitative estimate of drug-likeness (QED) is 0.194. The molecule has 0 bridgehead atoms. The predicted molar refractivity (Wildman–Crippen MR) is 192 cm³/mol. The van der Waals surface area contributed by atoms with E-state index in [0.29, 0.717) is 39.7 Å². The van der Waals surface area contributed by atoms with Crippen molar-refractivity contribution in [3.8, 4) is 56.4 Å². The van der Waals surface area contributed by atoms with Crippen LogP contribution in [-0.2, 0) is 0 Å². The van der Waals surface area contributed by atoms with E-state index < -0.39 is 48.3 Å². The van der Waals surface area contributed by atoms with Crippen LogP contribution in [0.2, 0.25) is 0 Å². The third-order valence-electron chi connectivity index (χ3n) is 7.93. The zero-order valence-electron chi connectivity index (χ0n) is 36.4. The van der Waals surface area contributed by atoms with E-state index in [2.05, 4.69) is 0 Å². The summed E-state index contributed by atoms with van der Waals surface area (Å²) in [5.74, 6) is 1.11. The van der Waals surface area contributed by atoms with Crippen LogP contribution in [0.3, 0.4) is 0 Å². The van der Waals surface area contributed by atoms with Gasteiger partial charge in [-0.3, -0.25) is 0 Å². The van der Waals surface area contributed by atoms with Crippen molar-refractivity contribution in [3.05, 3.63) is 164 Å². The molecule has 0 saturated heterocycles. The molecule has 0 radical (unpaired) electrons. The molecule has 0 fully saturated rings. The summed E-state index contributed by atoms with van der Waals surface area (Å²) in [6.45, 7) is 0. The molecule has 9 aromatic rings. The smallest absolute Gasteiger partial charge is 0.164 e. The maximum absolute atomic E-state index is 8.90. The molecule has 0 aliphatic carbocycles. The van der Waals surface area contributed by atoms with Crippen molar-refractivity contribution in [1.29, 1.82) is 0 Å². The van der Waals surface area contributed by atoms with Gasteiger partial charge in [-0.15, -0.1) is 0 Å². The number of nitrogens with zero attached hydrogens (tertiary/aromatic N) is 3. The van der Waals surface area contributed by atoms with Gasteiger partial charge in [-0.1, -0.05) is 139 Å². The van der Waals surface area contributed by atoms with E-state index >= 15 is 0 Å². The summed E-state index contributed by atoms with van der Waals surface area (Å²) < 4.78 is 106. The zero-order valence-corrected chi connectivity index (χ0v) is 24.4. The second-order valence-corrected chi connectivity index (χ2v) is 10.8. The second-order valence-electron chi connectivity index (χ2n) is 10.8. The van der Waals surface area contributed by atoms with Crippen LogP contribution in [0.25, 0.3) is 89.1 Å². The number of rotatable bonds is 5. The Morgan fingerprint density at radius 3 is 1.77 bits per heavy atom. The van der Waals surface area contributed by atoms with Gasteiger partial charge < -0.3 is 4.42 Å². The molecule has 2 aromatic heterocycles. The Morgan fingerprint density at radius 1 is 0.426 bits per heavy atom. The Kier molecular flexibility index (Phi) is 4.13. The number of aromatic nitrogens is 3. The van der Waals surface area contributed by atoms with E-state index in [1.54, 1.807) is 36.4 Å². The number of benzene rings is 7. The lowest BCUT2D eigenvalue weighted by atomic mass is 9.98. The predicted octanol–water partition coefficient (Wildman–Crippen LogP) is 11.3. The van der Waals surface area contributed by atoms with E-state index in [-0.39, 0.29) is 57.2 Å². The largest absolute Gasteiger partial charge is 0.456 e. The van der Waals surface area contributed by atoms with Crippen LogP contribution >= 0.6 is 0 Å². The van der Waals surface area contributed by atoms with Crippen molar-refractivity contribution < 1.29 is 20.9 Å². The van der Waals surface area contributed by atoms with E-state index in [0.717, 1.165) is 16.3 Å². The number of hydrogen-bond donors (Lipinski definition) is 0. The van der Waals surface area contributed by atoms with Gasteiger partial charge in [-0.05, 0) is 57.2 Å². The molecule has 0 N–H and O–H groups in total. The van der Waals surface area contributed by atoms with Gasteiger partial charge in [0.05, 0.1) is 16.4 Å². The van der Waals surface area contributed by atoms with E-state index in [1.807, 2.05) is 54.6 Å². The highest BCUT2D eigenvalue weighted by Crippen LogP contribution is 2.37. The van der Waals surface area contributed by atoms with Crippen LogP contribution in [0.15, 0.2) is 168 Å². The number of fused-ring (bicyclic) bond motifs is 4. The lowest BCUT2D eigenvalue weighted by molar-refractivity contribution is 0.669. The molecule has 0 atom stereocenters. The summed E-state index contributed by atoms with van der Waals surface area (Å²) in [5, 5.41) is 1.75. The molecular formula is C43H27N3O. The number of hydrogen-bond acceptors (Lipinski definition) is 4. The summed E-state index contributed by atoms with van der Waals surface area (Å²) >= 11 is 0. The first kappa shape index (κ1) is 17.3. The Labute approximate surface area is 288 Å². The maximum Gasteiger partial charge on any atom is 0.164 e. The topological polar surface area (TPSA) is 51.8 Å². The highest BCUT2D eigenvalue weighted by Gasteiger charge is 2.15. The molecule has 0 aliphatic rings. The zero-order chi connectivity index (χ0) is 41.6. The van der Waals surface area contributed by atoms with Crippen LogP contribution in [0, 0.1) is 0 Å². The molecule has 4 heteroatoms. The van der Waals surface area contributed by atoms with Crippen LogP contribution in [0.1, 0.15) is 16.4 Å². The first-order chi connectivity index (χ1) is 28.2. The third-order valence-corrected chi connectivity index (χ3v) is 7.93.